The summed E-state index contributed by atoms with van der Waals surface area (Å²) in [5.74, 6) is 0. The van der Waals surface area contributed by atoms with Gasteiger partial charge in [0.15, 0.2) is 0 Å². The Morgan fingerprint density at radius 2 is 2.12 bits per heavy atom. The van der Waals surface area contributed by atoms with Crippen molar-refractivity contribution >= 4 is 0 Å². The minimum absolute atomic E-state index is 0.0149. The highest BCUT2D eigenvalue weighted by atomic mass is 16.5. The van der Waals surface area contributed by atoms with Crippen molar-refractivity contribution in [2.75, 3.05) is 26.7 Å². The summed E-state index contributed by atoms with van der Waals surface area (Å²) >= 11 is 0. The molecular formula is C14H28N2O. The molecule has 100 valence electrons. The number of rotatable bonds is 5. The molecule has 0 radical (unpaired) electrons. The maximum Gasteiger partial charge on any atom is 0.0634 e. The van der Waals surface area contributed by atoms with Gasteiger partial charge in [-0.15, -0.1) is 0 Å². The molecular weight excluding hydrogens is 212 g/mol. The highest BCUT2D eigenvalue weighted by Gasteiger charge is 2.31. The molecule has 0 aromatic rings. The first-order chi connectivity index (χ1) is 8.11. The van der Waals surface area contributed by atoms with E-state index in [1.54, 1.807) is 7.11 Å². The zero-order chi connectivity index (χ0) is 12.3. The first-order valence-electron chi connectivity index (χ1n) is 7.13. The van der Waals surface area contributed by atoms with Crippen molar-refractivity contribution in [3.8, 4) is 0 Å². The molecule has 2 saturated heterocycles. The molecule has 2 aliphatic heterocycles. The van der Waals surface area contributed by atoms with Crippen LogP contribution < -0.4 is 5.32 Å². The van der Waals surface area contributed by atoms with Crippen LogP contribution in [0, 0.1) is 0 Å². The Morgan fingerprint density at radius 1 is 1.29 bits per heavy atom. The fraction of sp³-hybridized carbons (Fsp3) is 1.00. The van der Waals surface area contributed by atoms with Gasteiger partial charge in [0.1, 0.15) is 0 Å². The molecule has 2 heterocycles. The van der Waals surface area contributed by atoms with E-state index in [1.165, 1.54) is 38.8 Å². The second kappa shape index (κ2) is 5.68. The Bertz CT molecular complexity index is 242. The molecule has 0 aromatic heterocycles. The summed E-state index contributed by atoms with van der Waals surface area (Å²) in [6.07, 6.45) is 6.60. The number of nitrogens with one attached hydrogen (secondary N) is 1. The van der Waals surface area contributed by atoms with Crippen LogP contribution in [0.15, 0.2) is 0 Å². The lowest BCUT2D eigenvalue weighted by Crippen LogP contribution is -2.46. The predicted octanol–water partition coefficient (Wildman–Crippen LogP) is 2.02. The van der Waals surface area contributed by atoms with Crippen LogP contribution in [0.1, 0.15) is 46.0 Å². The summed E-state index contributed by atoms with van der Waals surface area (Å²) < 4.78 is 5.45. The zero-order valence-electron chi connectivity index (χ0n) is 11.7. The first-order valence-corrected chi connectivity index (χ1v) is 7.13. The van der Waals surface area contributed by atoms with Gasteiger partial charge in [-0.1, -0.05) is 0 Å². The minimum atomic E-state index is 0.0149. The van der Waals surface area contributed by atoms with Crippen LogP contribution in [0.2, 0.25) is 0 Å². The van der Waals surface area contributed by atoms with Gasteiger partial charge in [0.25, 0.3) is 0 Å². The molecule has 0 aliphatic carbocycles. The van der Waals surface area contributed by atoms with E-state index in [9.17, 15) is 0 Å². The van der Waals surface area contributed by atoms with Gasteiger partial charge in [-0.05, 0) is 65.6 Å². The molecule has 2 rings (SSSR count). The van der Waals surface area contributed by atoms with Crippen LogP contribution in [0.5, 0.6) is 0 Å². The molecule has 0 spiro atoms. The van der Waals surface area contributed by atoms with Gasteiger partial charge < -0.3 is 15.0 Å². The van der Waals surface area contributed by atoms with Gasteiger partial charge in [0.05, 0.1) is 5.60 Å². The van der Waals surface area contributed by atoms with E-state index in [-0.39, 0.29) is 5.60 Å². The number of ether oxygens (including phenoxy) is 1. The zero-order valence-corrected chi connectivity index (χ0v) is 11.7. The molecule has 0 aromatic carbocycles. The van der Waals surface area contributed by atoms with Crippen LogP contribution in [-0.2, 0) is 4.74 Å². The van der Waals surface area contributed by atoms with Gasteiger partial charge in [-0.25, -0.2) is 0 Å². The summed E-state index contributed by atoms with van der Waals surface area (Å²) in [6, 6.07) is 1.61. The van der Waals surface area contributed by atoms with E-state index in [0.717, 1.165) is 25.0 Å². The molecule has 1 N–H and O–H groups in total. The third kappa shape index (κ3) is 3.67. The van der Waals surface area contributed by atoms with Crippen LogP contribution in [0.4, 0.5) is 0 Å². The Labute approximate surface area is 106 Å². The normalized spacial score (nSPS) is 30.5. The molecule has 2 aliphatic rings. The SMILES string of the molecule is COC(C)(C)CCNC1CCN2CCCC2C1. The minimum Gasteiger partial charge on any atom is -0.379 e. The van der Waals surface area contributed by atoms with Crippen LogP contribution in [0.25, 0.3) is 0 Å². The van der Waals surface area contributed by atoms with Crippen LogP contribution >= 0.6 is 0 Å². The van der Waals surface area contributed by atoms with E-state index in [4.69, 9.17) is 4.74 Å². The van der Waals surface area contributed by atoms with E-state index in [0.29, 0.717) is 0 Å². The molecule has 3 nitrogen and oxygen atoms in total. The highest BCUT2D eigenvalue weighted by Crippen LogP contribution is 2.26. The average molecular weight is 240 g/mol. The van der Waals surface area contributed by atoms with Gasteiger partial charge in [-0.2, -0.15) is 0 Å². The third-order valence-electron chi connectivity index (χ3n) is 4.53. The van der Waals surface area contributed by atoms with Crippen molar-refractivity contribution in [3.63, 3.8) is 0 Å². The molecule has 17 heavy (non-hydrogen) atoms. The van der Waals surface area contributed by atoms with Crippen molar-refractivity contribution in [2.24, 2.45) is 0 Å². The average Bonchev–Trinajstić information content (AvgIpc) is 2.76. The lowest BCUT2D eigenvalue weighted by molar-refractivity contribution is 0.0146. The fourth-order valence-corrected chi connectivity index (χ4v) is 3.09. The maximum absolute atomic E-state index is 5.45. The number of methoxy groups -OCH3 is 1. The summed E-state index contributed by atoms with van der Waals surface area (Å²) in [5, 5.41) is 3.72. The molecule has 2 atom stereocenters. The number of hydrogen-bond acceptors (Lipinski definition) is 3. The van der Waals surface area contributed by atoms with Gasteiger partial charge >= 0.3 is 0 Å². The third-order valence-corrected chi connectivity index (χ3v) is 4.53. The van der Waals surface area contributed by atoms with Crippen molar-refractivity contribution in [1.29, 1.82) is 0 Å². The fourth-order valence-electron chi connectivity index (χ4n) is 3.09. The second-order valence-corrected chi connectivity index (χ2v) is 6.22. The van der Waals surface area contributed by atoms with E-state index in [2.05, 4.69) is 24.1 Å². The molecule has 0 bridgehead atoms. The highest BCUT2D eigenvalue weighted by molar-refractivity contribution is 4.89. The smallest absolute Gasteiger partial charge is 0.0634 e. The van der Waals surface area contributed by atoms with Crippen LogP contribution in [0.3, 0.4) is 0 Å². The maximum atomic E-state index is 5.45. The summed E-state index contributed by atoms with van der Waals surface area (Å²) in [6.45, 7) is 8.05. The summed E-state index contributed by atoms with van der Waals surface area (Å²) in [5.41, 5.74) is 0.0149. The Hall–Kier alpha value is -0.120. The Balaban J connectivity index is 1.67. The summed E-state index contributed by atoms with van der Waals surface area (Å²) in [7, 11) is 1.80. The number of nitrogens with zero attached hydrogens (tertiary/aromatic N) is 1. The number of hydrogen-bond donors (Lipinski definition) is 1. The topological polar surface area (TPSA) is 24.5 Å². The van der Waals surface area contributed by atoms with Crippen molar-refractivity contribution in [1.82, 2.24) is 10.2 Å². The van der Waals surface area contributed by atoms with Crippen LogP contribution in [-0.4, -0.2) is 49.3 Å². The van der Waals surface area contributed by atoms with Gasteiger partial charge in [0.2, 0.25) is 0 Å². The molecule has 3 heteroatoms. The monoisotopic (exact) mass is 240 g/mol. The second-order valence-electron chi connectivity index (χ2n) is 6.22. The first kappa shape index (κ1) is 13.3. The number of fused-ring (bicyclic) bond motifs is 1. The molecule has 0 saturated carbocycles. The largest absolute Gasteiger partial charge is 0.379 e. The van der Waals surface area contributed by atoms with Crippen molar-refractivity contribution < 1.29 is 4.74 Å². The molecule has 0 amide bonds. The number of piperidine rings is 1. The van der Waals surface area contributed by atoms with Crippen molar-refractivity contribution in [2.45, 2.75) is 63.6 Å². The van der Waals surface area contributed by atoms with E-state index < -0.39 is 0 Å². The van der Waals surface area contributed by atoms with Crippen molar-refractivity contribution in [3.05, 3.63) is 0 Å². The predicted molar refractivity (Wildman–Crippen MR) is 71.3 cm³/mol. The standard InChI is InChI=1S/C14H28N2O/c1-14(2,17-3)7-8-15-12-6-10-16-9-4-5-13(16)11-12/h12-13,15H,4-11H2,1-3H3. The van der Waals surface area contributed by atoms with Gasteiger partial charge in [0, 0.05) is 19.2 Å². The Kier molecular flexibility index (Phi) is 4.45. The van der Waals surface area contributed by atoms with E-state index >= 15 is 0 Å². The van der Waals surface area contributed by atoms with Gasteiger partial charge in [-0.3, -0.25) is 0 Å². The Morgan fingerprint density at radius 3 is 2.88 bits per heavy atom. The van der Waals surface area contributed by atoms with E-state index in [1.807, 2.05) is 0 Å². The molecule has 2 unspecified atom stereocenters. The quantitative estimate of drug-likeness (QED) is 0.795. The lowest BCUT2D eigenvalue weighted by Gasteiger charge is -2.35. The lowest BCUT2D eigenvalue weighted by atomic mass is 9.97. The molecule has 2 fully saturated rings. The summed E-state index contributed by atoms with van der Waals surface area (Å²) in [4.78, 5) is 2.68.